The van der Waals surface area contributed by atoms with Crippen LogP contribution in [0.25, 0.3) is 21.9 Å². The lowest BCUT2D eigenvalue weighted by Gasteiger charge is -2.06. The Labute approximate surface area is 116 Å². The van der Waals surface area contributed by atoms with Gasteiger partial charge in [0.1, 0.15) is 5.82 Å². The summed E-state index contributed by atoms with van der Waals surface area (Å²) in [6.07, 6.45) is 0. The normalized spacial score (nSPS) is 11.3. The summed E-state index contributed by atoms with van der Waals surface area (Å²) < 4.78 is 0. The van der Waals surface area contributed by atoms with E-state index in [9.17, 15) is 4.79 Å². The van der Waals surface area contributed by atoms with Gasteiger partial charge in [0.05, 0.1) is 17.4 Å². The quantitative estimate of drug-likeness (QED) is 0.695. The fraction of sp³-hybridized carbons (Fsp3) is 0.267. The van der Waals surface area contributed by atoms with E-state index < -0.39 is 0 Å². The smallest absolute Gasteiger partial charge is 0.260 e. The number of aromatic amines is 1. The number of pyridine rings is 1. The molecule has 0 aliphatic carbocycles. The monoisotopic (exact) mass is 268 g/mol. The third kappa shape index (κ3) is 2.06. The molecular formula is C15H16N4O. The molecule has 0 amide bonds. The molecule has 2 heterocycles. The van der Waals surface area contributed by atoms with E-state index >= 15 is 0 Å². The Morgan fingerprint density at radius 1 is 1.20 bits per heavy atom. The molecule has 0 bridgehead atoms. The number of H-pyrrole nitrogens is 1. The summed E-state index contributed by atoms with van der Waals surface area (Å²) in [5.74, 6) is 0.599. The van der Waals surface area contributed by atoms with Gasteiger partial charge in [-0.05, 0) is 38.6 Å². The molecule has 3 aromatic rings. The van der Waals surface area contributed by atoms with E-state index in [1.807, 2.05) is 33.0 Å². The average Bonchev–Trinajstić information content (AvgIpc) is 2.38. The molecule has 102 valence electrons. The van der Waals surface area contributed by atoms with Crippen molar-refractivity contribution in [1.82, 2.24) is 20.3 Å². The van der Waals surface area contributed by atoms with Gasteiger partial charge in [-0.1, -0.05) is 11.6 Å². The van der Waals surface area contributed by atoms with Gasteiger partial charge < -0.3 is 10.3 Å². The lowest BCUT2D eigenvalue weighted by atomic mass is 10.1. The minimum absolute atomic E-state index is 0.145. The summed E-state index contributed by atoms with van der Waals surface area (Å²) in [5.41, 5.74) is 3.51. The van der Waals surface area contributed by atoms with E-state index in [0.29, 0.717) is 23.4 Å². The summed E-state index contributed by atoms with van der Waals surface area (Å²) in [6.45, 7) is 4.57. The zero-order valence-corrected chi connectivity index (χ0v) is 11.7. The standard InChI is InChI=1S/C15H16N4O/c1-8-4-9(2)13-10(5-8)6-11-14(19-13)17-12(7-16-3)18-15(11)20/h4-6,16H,7H2,1-3H3,(H,17,18,19,20). The third-order valence-electron chi connectivity index (χ3n) is 3.32. The van der Waals surface area contributed by atoms with Crippen LogP contribution in [0, 0.1) is 13.8 Å². The summed E-state index contributed by atoms with van der Waals surface area (Å²) >= 11 is 0. The van der Waals surface area contributed by atoms with Gasteiger partial charge in [-0.15, -0.1) is 0 Å². The van der Waals surface area contributed by atoms with Crippen molar-refractivity contribution in [2.24, 2.45) is 0 Å². The maximum atomic E-state index is 12.1. The molecule has 2 aromatic heterocycles. The van der Waals surface area contributed by atoms with Crippen molar-refractivity contribution in [3.05, 3.63) is 45.5 Å². The maximum Gasteiger partial charge on any atom is 0.260 e. The van der Waals surface area contributed by atoms with Crippen LogP contribution in [0.1, 0.15) is 17.0 Å². The van der Waals surface area contributed by atoms with E-state index in [1.165, 1.54) is 0 Å². The van der Waals surface area contributed by atoms with Gasteiger partial charge in [0.2, 0.25) is 0 Å². The van der Waals surface area contributed by atoms with Crippen molar-refractivity contribution in [2.45, 2.75) is 20.4 Å². The first-order valence-corrected chi connectivity index (χ1v) is 6.54. The van der Waals surface area contributed by atoms with Crippen molar-refractivity contribution in [3.8, 4) is 0 Å². The van der Waals surface area contributed by atoms with Gasteiger partial charge in [-0.25, -0.2) is 9.97 Å². The Morgan fingerprint density at radius 2 is 2.00 bits per heavy atom. The number of benzene rings is 1. The summed E-state index contributed by atoms with van der Waals surface area (Å²) in [6, 6.07) is 5.99. The average molecular weight is 268 g/mol. The molecule has 1 aromatic carbocycles. The van der Waals surface area contributed by atoms with Crippen molar-refractivity contribution in [2.75, 3.05) is 7.05 Å². The number of fused-ring (bicyclic) bond motifs is 2. The van der Waals surface area contributed by atoms with Crippen LogP contribution in [0.4, 0.5) is 0 Å². The first-order chi connectivity index (χ1) is 9.58. The minimum atomic E-state index is -0.145. The molecule has 0 saturated carbocycles. The predicted molar refractivity (Wildman–Crippen MR) is 79.9 cm³/mol. The van der Waals surface area contributed by atoms with Gasteiger partial charge in [0, 0.05) is 5.39 Å². The van der Waals surface area contributed by atoms with Crippen molar-refractivity contribution >= 4 is 21.9 Å². The first-order valence-electron chi connectivity index (χ1n) is 6.54. The van der Waals surface area contributed by atoms with Crippen LogP contribution in [0.3, 0.4) is 0 Å². The zero-order valence-electron chi connectivity index (χ0n) is 11.7. The largest absolute Gasteiger partial charge is 0.313 e. The van der Waals surface area contributed by atoms with Crippen molar-refractivity contribution in [1.29, 1.82) is 0 Å². The highest BCUT2D eigenvalue weighted by atomic mass is 16.1. The Kier molecular flexibility index (Phi) is 2.99. The Morgan fingerprint density at radius 3 is 2.75 bits per heavy atom. The highest BCUT2D eigenvalue weighted by Crippen LogP contribution is 2.21. The molecule has 5 heteroatoms. The molecule has 0 fully saturated rings. The predicted octanol–water partition coefficient (Wildman–Crippen LogP) is 1.81. The maximum absolute atomic E-state index is 12.1. The molecule has 20 heavy (non-hydrogen) atoms. The Bertz CT molecular complexity index is 867. The number of nitrogens with zero attached hydrogens (tertiary/aromatic N) is 2. The van der Waals surface area contributed by atoms with Gasteiger partial charge in [-0.2, -0.15) is 0 Å². The molecule has 0 aliphatic rings. The lowest BCUT2D eigenvalue weighted by molar-refractivity contribution is 0.758. The van der Waals surface area contributed by atoms with E-state index in [-0.39, 0.29) is 5.56 Å². The second kappa shape index (κ2) is 4.68. The number of aryl methyl sites for hydroxylation is 2. The number of hydrogen-bond acceptors (Lipinski definition) is 4. The van der Waals surface area contributed by atoms with Crippen LogP contribution in [0.5, 0.6) is 0 Å². The molecule has 0 radical (unpaired) electrons. The topological polar surface area (TPSA) is 70.7 Å². The fourth-order valence-electron chi connectivity index (χ4n) is 2.50. The van der Waals surface area contributed by atoms with Crippen molar-refractivity contribution in [3.63, 3.8) is 0 Å². The minimum Gasteiger partial charge on any atom is -0.313 e. The van der Waals surface area contributed by atoms with Gasteiger partial charge in [0.15, 0.2) is 5.65 Å². The zero-order chi connectivity index (χ0) is 14.3. The number of nitrogens with one attached hydrogen (secondary N) is 2. The highest BCUT2D eigenvalue weighted by molar-refractivity contribution is 5.92. The van der Waals surface area contributed by atoms with Gasteiger partial charge in [-0.3, -0.25) is 4.79 Å². The summed E-state index contributed by atoms with van der Waals surface area (Å²) in [7, 11) is 1.81. The summed E-state index contributed by atoms with van der Waals surface area (Å²) in [4.78, 5) is 23.9. The molecule has 0 atom stereocenters. The fourth-order valence-corrected chi connectivity index (χ4v) is 2.50. The molecule has 0 unspecified atom stereocenters. The van der Waals surface area contributed by atoms with Crippen LogP contribution in [0.2, 0.25) is 0 Å². The second-order valence-electron chi connectivity index (χ2n) is 5.06. The van der Waals surface area contributed by atoms with Crippen LogP contribution < -0.4 is 10.9 Å². The molecule has 0 spiro atoms. The number of aromatic nitrogens is 3. The third-order valence-corrected chi connectivity index (χ3v) is 3.32. The van der Waals surface area contributed by atoms with Crippen LogP contribution in [-0.2, 0) is 6.54 Å². The van der Waals surface area contributed by atoms with E-state index in [2.05, 4.69) is 26.3 Å². The molecule has 5 nitrogen and oxygen atoms in total. The SMILES string of the molecule is CNCc1nc2nc3c(C)cc(C)cc3cc2c(=O)[nH]1. The second-order valence-corrected chi connectivity index (χ2v) is 5.06. The van der Waals surface area contributed by atoms with Gasteiger partial charge >= 0.3 is 0 Å². The molecule has 2 N–H and O–H groups in total. The lowest BCUT2D eigenvalue weighted by Crippen LogP contribution is -2.17. The molecule has 0 aliphatic heterocycles. The van der Waals surface area contributed by atoms with Crippen molar-refractivity contribution < 1.29 is 0 Å². The van der Waals surface area contributed by atoms with Crippen LogP contribution in [-0.4, -0.2) is 22.0 Å². The molecule has 0 saturated heterocycles. The Hall–Kier alpha value is -2.27. The molecule has 3 rings (SSSR count). The first kappa shape index (κ1) is 12.7. The Balaban J connectivity index is 2.39. The van der Waals surface area contributed by atoms with Gasteiger partial charge in [0.25, 0.3) is 5.56 Å². The van der Waals surface area contributed by atoms with E-state index in [4.69, 9.17) is 0 Å². The molecular weight excluding hydrogens is 252 g/mol. The summed E-state index contributed by atoms with van der Waals surface area (Å²) in [5, 5.41) is 4.48. The van der Waals surface area contributed by atoms with Crippen LogP contribution >= 0.6 is 0 Å². The van der Waals surface area contributed by atoms with Crippen LogP contribution in [0.15, 0.2) is 23.0 Å². The van der Waals surface area contributed by atoms with E-state index in [1.54, 1.807) is 0 Å². The highest BCUT2D eigenvalue weighted by Gasteiger charge is 2.08. The number of hydrogen-bond donors (Lipinski definition) is 2. The number of rotatable bonds is 2. The van der Waals surface area contributed by atoms with E-state index in [0.717, 1.165) is 22.0 Å².